The first-order chi connectivity index (χ1) is 15.8. The van der Waals surface area contributed by atoms with Gasteiger partial charge in [-0.25, -0.2) is 0 Å². The summed E-state index contributed by atoms with van der Waals surface area (Å²) in [7, 11) is 1.71. The van der Waals surface area contributed by atoms with Crippen molar-refractivity contribution in [2.75, 3.05) is 44.2 Å². The Morgan fingerprint density at radius 1 is 1.12 bits per heavy atom. The number of carbonyl (C=O) groups is 1. The molecule has 2 fully saturated rings. The van der Waals surface area contributed by atoms with E-state index in [2.05, 4.69) is 29.7 Å². The number of piperazine rings is 1. The molecule has 3 heterocycles. The van der Waals surface area contributed by atoms with Crippen LogP contribution in [0.3, 0.4) is 0 Å². The van der Waals surface area contributed by atoms with Crippen LogP contribution >= 0.6 is 24.0 Å². The molecule has 1 aromatic rings. The third-order valence-electron chi connectivity index (χ3n) is 6.47. The summed E-state index contributed by atoms with van der Waals surface area (Å²) in [6, 6.07) is 2.07. The second-order valence-electron chi connectivity index (χ2n) is 8.53. The maximum absolute atomic E-state index is 13.2. The van der Waals surface area contributed by atoms with Crippen molar-refractivity contribution in [2.24, 2.45) is 7.05 Å². The molecular weight excluding hydrogens is 454 g/mol. The van der Waals surface area contributed by atoms with Gasteiger partial charge >= 0.3 is 0 Å². The molecule has 2 aliphatic heterocycles. The van der Waals surface area contributed by atoms with Gasteiger partial charge in [0.1, 0.15) is 21.8 Å². The molecule has 0 bridgehead atoms. The minimum Gasteiger partial charge on any atom is -0.355 e. The van der Waals surface area contributed by atoms with Crippen LogP contribution in [0.5, 0.6) is 0 Å². The highest BCUT2D eigenvalue weighted by molar-refractivity contribution is 8.26. The fourth-order valence-corrected chi connectivity index (χ4v) is 5.68. The third-order valence-corrected chi connectivity index (χ3v) is 7.85. The first kappa shape index (κ1) is 25.5. The molecule has 33 heavy (non-hydrogen) atoms. The molecule has 1 aromatic heterocycles. The number of anilines is 1. The van der Waals surface area contributed by atoms with Gasteiger partial charge in [-0.15, -0.1) is 0 Å². The molecule has 3 rings (SSSR count). The Hall–Kier alpha value is -2.15. The second-order valence-corrected chi connectivity index (χ2v) is 10.2. The lowest BCUT2D eigenvalue weighted by molar-refractivity contribution is -0.122. The standard InChI is InChI=1S/C24H33N5O2S2/c1-5-7-8-9-10-29-23(31)20(33-24(29)32)15-18-17(3)19(16-25)22(30)26(4)21(18)28-13-11-27(6-2)12-14-28/h15H,5-14H2,1-4H3/b20-15+. The third kappa shape index (κ3) is 5.34. The van der Waals surface area contributed by atoms with E-state index in [9.17, 15) is 14.9 Å². The Morgan fingerprint density at radius 2 is 1.82 bits per heavy atom. The lowest BCUT2D eigenvalue weighted by Gasteiger charge is -2.37. The second kappa shape index (κ2) is 11.3. The quantitative estimate of drug-likeness (QED) is 0.316. The Bertz CT molecular complexity index is 1050. The van der Waals surface area contributed by atoms with Gasteiger partial charge in [-0.05, 0) is 31.5 Å². The van der Waals surface area contributed by atoms with Gasteiger partial charge in [-0.2, -0.15) is 5.26 Å². The molecule has 2 aliphatic rings. The van der Waals surface area contributed by atoms with Crippen LogP contribution in [-0.4, -0.2) is 63.9 Å². The van der Waals surface area contributed by atoms with Crippen molar-refractivity contribution in [2.45, 2.75) is 46.5 Å². The average molecular weight is 488 g/mol. The maximum Gasteiger partial charge on any atom is 0.270 e. The van der Waals surface area contributed by atoms with E-state index < -0.39 is 0 Å². The van der Waals surface area contributed by atoms with Crippen LogP contribution in [0.2, 0.25) is 0 Å². The zero-order valence-corrected chi connectivity index (χ0v) is 21.7. The molecule has 0 radical (unpaired) electrons. The minimum atomic E-state index is -0.302. The van der Waals surface area contributed by atoms with Gasteiger partial charge in [-0.3, -0.25) is 19.1 Å². The lowest BCUT2D eigenvalue weighted by atomic mass is 10.0. The van der Waals surface area contributed by atoms with E-state index in [-0.39, 0.29) is 17.0 Å². The van der Waals surface area contributed by atoms with Crippen molar-refractivity contribution < 1.29 is 4.79 Å². The molecule has 178 valence electrons. The highest BCUT2D eigenvalue weighted by Gasteiger charge is 2.33. The van der Waals surface area contributed by atoms with Gasteiger partial charge < -0.3 is 9.80 Å². The van der Waals surface area contributed by atoms with Crippen molar-refractivity contribution >= 4 is 46.1 Å². The zero-order valence-electron chi connectivity index (χ0n) is 20.0. The number of amides is 1. The number of nitrogens with zero attached hydrogens (tertiary/aromatic N) is 5. The number of pyridine rings is 1. The average Bonchev–Trinajstić information content (AvgIpc) is 3.08. The molecule has 7 nitrogen and oxygen atoms in total. The predicted molar refractivity (Wildman–Crippen MR) is 139 cm³/mol. The largest absolute Gasteiger partial charge is 0.355 e. The Kier molecular flexibility index (Phi) is 8.74. The zero-order chi connectivity index (χ0) is 24.1. The maximum atomic E-state index is 13.2. The van der Waals surface area contributed by atoms with Crippen LogP contribution in [0.25, 0.3) is 6.08 Å². The van der Waals surface area contributed by atoms with Gasteiger partial charge in [0.15, 0.2) is 0 Å². The van der Waals surface area contributed by atoms with Crippen LogP contribution in [0.4, 0.5) is 5.82 Å². The van der Waals surface area contributed by atoms with E-state index in [1.165, 1.54) is 11.8 Å². The van der Waals surface area contributed by atoms with Crippen LogP contribution in [0, 0.1) is 18.3 Å². The first-order valence-electron chi connectivity index (χ1n) is 11.7. The number of thiocarbonyl (C=S) groups is 1. The summed E-state index contributed by atoms with van der Waals surface area (Å²) in [5.41, 5.74) is 1.19. The van der Waals surface area contributed by atoms with Crippen molar-refractivity contribution in [1.29, 1.82) is 5.26 Å². The van der Waals surface area contributed by atoms with E-state index in [0.29, 0.717) is 21.3 Å². The Morgan fingerprint density at radius 3 is 2.42 bits per heavy atom. The van der Waals surface area contributed by atoms with E-state index in [1.54, 1.807) is 23.4 Å². The molecule has 0 aromatic carbocycles. The molecule has 0 saturated carbocycles. The number of rotatable bonds is 8. The highest BCUT2D eigenvalue weighted by atomic mass is 32.2. The Labute approximate surface area is 206 Å². The van der Waals surface area contributed by atoms with Gasteiger partial charge in [0.05, 0.1) is 4.91 Å². The van der Waals surface area contributed by atoms with Crippen LogP contribution in [-0.2, 0) is 11.8 Å². The molecule has 0 aliphatic carbocycles. The monoisotopic (exact) mass is 487 g/mol. The van der Waals surface area contributed by atoms with E-state index in [4.69, 9.17) is 12.2 Å². The number of unbranched alkanes of at least 4 members (excludes halogenated alkanes) is 3. The van der Waals surface area contributed by atoms with E-state index in [0.717, 1.165) is 69.8 Å². The van der Waals surface area contributed by atoms with Crippen LogP contribution < -0.4 is 10.5 Å². The normalized spacial score (nSPS) is 18.5. The summed E-state index contributed by atoms with van der Waals surface area (Å²) in [4.78, 5) is 32.9. The first-order valence-corrected chi connectivity index (χ1v) is 12.9. The topological polar surface area (TPSA) is 72.6 Å². The summed E-state index contributed by atoms with van der Waals surface area (Å²) in [6.07, 6.45) is 6.13. The van der Waals surface area contributed by atoms with Gasteiger partial charge in [0, 0.05) is 45.3 Å². The Balaban J connectivity index is 2.00. The van der Waals surface area contributed by atoms with E-state index >= 15 is 0 Å². The number of likely N-dealkylation sites (N-methyl/N-ethyl adjacent to an activating group) is 1. The van der Waals surface area contributed by atoms with Crippen molar-refractivity contribution in [1.82, 2.24) is 14.4 Å². The SMILES string of the molecule is CCCCCCN1C(=O)/C(=C\c2c(C)c(C#N)c(=O)n(C)c2N2CCN(CC)CC2)SC1=S. The molecular formula is C24H33N5O2S2. The lowest BCUT2D eigenvalue weighted by Crippen LogP contribution is -2.48. The fraction of sp³-hybridized carbons (Fsp3) is 0.583. The van der Waals surface area contributed by atoms with Crippen molar-refractivity contribution in [3.05, 3.63) is 31.9 Å². The molecule has 0 atom stereocenters. The fourth-order valence-electron chi connectivity index (χ4n) is 4.39. The number of nitriles is 1. The van der Waals surface area contributed by atoms with Crippen molar-refractivity contribution in [3.8, 4) is 6.07 Å². The van der Waals surface area contributed by atoms with Gasteiger partial charge in [0.2, 0.25) is 0 Å². The van der Waals surface area contributed by atoms with Crippen LogP contribution in [0.1, 0.15) is 56.2 Å². The van der Waals surface area contributed by atoms with Gasteiger partial charge in [0.25, 0.3) is 11.5 Å². The summed E-state index contributed by atoms with van der Waals surface area (Å²) in [5.74, 6) is 0.676. The number of hydrogen-bond donors (Lipinski definition) is 0. The molecule has 1 amide bonds. The molecule has 9 heteroatoms. The number of aromatic nitrogens is 1. The summed E-state index contributed by atoms with van der Waals surface area (Å²) >= 11 is 6.81. The molecule has 2 saturated heterocycles. The van der Waals surface area contributed by atoms with Gasteiger partial charge in [-0.1, -0.05) is 57.1 Å². The number of hydrogen-bond acceptors (Lipinski definition) is 7. The number of thioether (sulfide) groups is 1. The number of carbonyl (C=O) groups excluding carboxylic acids is 1. The van der Waals surface area contributed by atoms with E-state index in [1.807, 2.05) is 6.08 Å². The molecule has 0 spiro atoms. The predicted octanol–water partition coefficient (Wildman–Crippen LogP) is 3.49. The van der Waals surface area contributed by atoms with Crippen molar-refractivity contribution in [3.63, 3.8) is 0 Å². The van der Waals surface area contributed by atoms with Crippen LogP contribution in [0.15, 0.2) is 9.70 Å². The summed E-state index contributed by atoms with van der Waals surface area (Å²) in [5, 5.41) is 9.65. The molecule has 0 unspecified atom stereocenters. The smallest absolute Gasteiger partial charge is 0.270 e. The summed E-state index contributed by atoms with van der Waals surface area (Å²) in [6.45, 7) is 11.1. The highest BCUT2D eigenvalue weighted by Crippen LogP contribution is 2.36. The molecule has 0 N–H and O–H groups in total. The summed E-state index contributed by atoms with van der Waals surface area (Å²) < 4.78 is 2.13. The minimum absolute atomic E-state index is 0.0880.